The molecule has 4 nitrogen and oxygen atoms in total. The molecule has 1 N–H and O–H groups in total. The molecule has 3 rings (SSSR count). The number of aromatic nitrogens is 1. The zero-order valence-electron chi connectivity index (χ0n) is 11.8. The number of nitrogens with zero attached hydrogens (tertiary/aromatic N) is 1. The van der Waals surface area contributed by atoms with Crippen molar-refractivity contribution < 1.29 is 14.3 Å². The van der Waals surface area contributed by atoms with E-state index in [0.29, 0.717) is 11.4 Å². The molecule has 0 saturated heterocycles. The van der Waals surface area contributed by atoms with Crippen LogP contribution in [0.15, 0.2) is 53.5 Å². The number of rotatable bonds is 3. The van der Waals surface area contributed by atoms with Crippen LogP contribution in [0.1, 0.15) is 16.1 Å². The minimum absolute atomic E-state index is 0.0835. The van der Waals surface area contributed by atoms with Crippen molar-refractivity contribution >= 4 is 21.9 Å². The monoisotopic (exact) mass is 375 g/mol. The number of halogens is 2. The van der Waals surface area contributed by atoms with E-state index < -0.39 is 17.2 Å². The Hall–Kier alpha value is -2.47. The van der Waals surface area contributed by atoms with Gasteiger partial charge in [-0.15, -0.1) is 0 Å². The molecular formula is C17H11BrFNO3. The molecule has 1 aromatic rings. The van der Waals surface area contributed by atoms with Crippen molar-refractivity contribution in [3.05, 3.63) is 76.0 Å². The van der Waals surface area contributed by atoms with Gasteiger partial charge in [-0.2, -0.15) is 0 Å². The fourth-order valence-corrected chi connectivity index (χ4v) is 3.15. The molecule has 1 aromatic carbocycles. The number of carbonyl (C=O) groups is 1. The van der Waals surface area contributed by atoms with E-state index in [4.69, 9.17) is 0 Å². The summed E-state index contributed by atoms with van der Waals surface area (Å²) in [6, 6.07) is 11.1. The first kappa shape index (κ1) is 15.4. The SMILES string of the molecule is O=C(O)c1c2cc(=O)cc(F)c-2cn(-c2ccccc2)c1CBr. The van der Waals surface area contributed by atoms with Gasteiger partial charge in [-0.25, -0.2) is 9.18 Å². The number of alkyl halides is 1. The first-order valence-electron chi connectivity index (χ1n) is 6.75. The van der Waals surface area contributed by atoms with Crippen molar-refractivity contribution in [2.45, 2.75) is 5.33 Å². The quantitative estimate of drug-likeness (QED) is 0.710. The molecule has 116 valence electrons. The van der Waals surface area contributed by atoms with Crippen LogP contribution in [0.5, 0.6) is 0 Å². The van der Waals surface area contributed by atoms with Gasteiger partial charge in [0.1, 0.15) is 5.82 Å². The predicted molar refractivity (Wildman–Crippen MR) is 88.2 cm³/mol. The normalized spacial score (nSPS) is 10.9. The molecule has 0 bridgehead atoms. The molecule has 0 atom stereocenters. The first-order valence-corrected chi connectivity index (χ1v) is 7.87. The highest BCUT2D eigenvalue weighted by Crippen LogP contribution is 2.32. The van der Waals surface area contributed by atoms with Gasteiger partial charge in [0.25, 0.3) is 0 Å². The average molecular weight is 376 g/mol. The molecule has 0 unspecified atom stereocenters. The van der Waals surface area contributed by atoms with Gasteiger partial charge in [0.05, 0.1) is 5.56 Å². The zero-order chi connectivity index (χ0) is 16.6. The molecule has 0 amide bonds. The standard InChI is InChI=1S/C17H11BrFNO3/c18-8-15-16(17(22)23)12-6-11(21)7-14(19)13(12)9-20(15)10-4-2-1-3-5-10/h1-7,9H,8H2,(H,22,23). The molecule has 6 heteroatoms. The third kappa shape index (κ3) is 2.66. The number of hydrogen-bond acceptors (Lipinski definition) is 2. The van der Waals surface area contributed by atoms with Crippen molar-refractivity contribution in [1.29, 1.82) is 0 Å². The lowest BCUT2D eigenvalue weighted by Gasteiger charge is -2.20. The van der Waals surface area contributed by atoms with E-state index in [-0.39, 0.29) is 22.0 Å². The topological polar surface area (TPSA) is 59.3 Å². The Balaban J connectivity index is 2.49. The van der Waals surface area contributed by atoms with Gasteiger partial charge in [-0.1, -0.05) is 34.1 Å². The van der Waals surface area contributed by atoms with E-state index in [2.05, 4.69) is 15.9 Å². The minimum Gasteiger partial charge on any atom is -0.478 e. The van der Waals surface area contributed by atoms with Gasteiger partial charge in [0, 0.05) is 40.1 Å². The van der Waals surface area contributed by atoms with Crippen LogP contribution in [0.25, 0.3) is 16.8 Å². The number of hydrogen-bond donors (Lipinski definition) is 1. The predicted octanol–water partition coefficient (Wildman–Crippen LogP) is 3.67. The van der Waals surface area contributed by atoms with Crippen LogP contribution in [0.3, 0.4) is 0 Å². The van der Waals surface area contributed by atoms with E-state index in [0.717, 1.165) is 12.1 Å². The highest BCUT2D eigenvalue weighted by atomic mass is 79.9. The summed E-state index contributed by atoms with van der Waals surface area (Å²) < 4.78 is 15.8. The van der Waals surface area contributed by atoms with E-state index in [1.165, 1.54) is 6.20 Å². The maximum atomic E-state index is 14.2. The number of fused-ring (bicyclic) bond motifs is 1. The fraction of sp³-hybridized carbons (Fsp3) is 0.0588. The van der Waals surface area contributed by atoms with Crippen LogP contribution in [0.4, 0.5) is 4.39 Å². The summed E-state index contributed by atoms with van der Waals surface area (Å²) in [5.74, 6) is -1.94. The van der Waals surface area contributed by atoms with Crippen molar-refractivity contribution in [2.24, 2.45) is 0 Å². The lowest BCUT2D eigenvalue weighted by atomic mass is 9.97. The van der Waals surface area contributed by atoms with Gasteiger partial charge in [0.15, 0.2) is 5.43 Å². The van der Waals surface area contributed by atoms with E-state index in [1.54, 1.807) is 16.7 Å². The Kier molecular flexibility index (Phi) is 4.00. The van der Waals surface area contributed by atoms with Crippen LogP contribution in [-0.2, 0) is 5.33 Å². The first-order chi connectivity index (χ1) is 11.0. The van der Waals surface area contributed by atoms with Crippen LogP contribution in [0.2, 0.25) is 0 Å². The Labute approximate surface area is 139 Å². The van der Waals surface area contributed by atoms with Gasteiger partial charge in [0.2, 0.25) is 0 Å². The molecule has 1 heterocycles. The maximum Gasteiger partial charge on any atom is 0.338 e. The van der Waals surface area contributed by atoms with Gasteiger partial charge < -0.3 is 9.67 Å². The van der Waals surface area contributed by atoms with E-state index in [9.17, 15) is 19.1 Å². The molecular weight excluding hydrogens is 365 g/mol. The number of aromatic carboxylic acids is 1. The van der Waals surface area contributed by atoms with Gasteiger partial charge >= 0.3 is 5.97 Å². The summed E-state index contributed by atoms with van der Waals surface area (Å²) in [5.41, 5.74) is 0.688. The third-order valence-corrected chi connectivity index (χ3v) is 4.12. The lowest BCUT2D eigenvalue weighted by molar-refractivity contribution is 0.0696. The van der Waals surface area contributed by atoms with Gasteiger partial charge in [-0.3, -0.25) is 4.79 Å². The summed E-state index contributed by atoms with van der Waals surface area (Å²) in [5, 5.41) is 9.83. The molecule has 1 aliphatic carbocycles. The summed E-state index contributed by atoms with van der Waals surface area (Å²) in [7, 11) is 0. The molecule has 2 aliphatic rings. The summed E-state index contributed by atoms with van der Waals surface area (Å²) in [6.45, 7) is 0. The number of carboxylic acid groups (broad SMARTS) is 1. The minimum atomic E-state index is -1.21. The summed E-state index contributed by atoms with van der Waals surface area (Å²) in [4.78, 5) is 23.3. The molecule has 0 spiro atoms. The smallest absolute Gasteiger partial charge is 0.338 e. The molecule has 0 radical (unpaired) electrons. The molecule has 23 heavy (non-hydrogen) atoms. The molecule has 0 saturated carbocycles. The number of para-hydroxylation sites is 1. The summed E-state index contributed by atoms with van der Waals surface area (Å²) in [6.07, 6.45) is 1.52. The van der Waals surface area contributed by atoms with E-state index in [1.807, 2.05) is 18.2 Å². The fourth-order valence-electron chi connectivity index (χ4n) is 2.60. The third-order valence-electron chi connectivity index (χ3n) is 3.58. The van der Waals surface area contributed by atoms with Crippen LogP contribution in [-0.4, -0.2) is 15.6 Å². The highest BCUT2D eigenvalue weighted by molar-refractivity contribution is 9.08. The van der Waals surface area contributed by atoms with Crippen molar-refractivity contribution in [2.75, 3.05) is 0 Å². The maximum absolute atomic E-state index is 14.2. The van der Waals surface area contributed by atoms with E-state index >= 15 is 0 Å². The van der Waals surface area contributed by atoms with Crippen molar-refractivity contribution in [3.63, 3.8) is 0 Å². The molecule has 0 fully saturated rings. The Morgan fingerprint density at radius 2 is 1.87 bits per heavy atom. The Morgan fingerprint density at radius 1 is 1.17 bits per heavy atom. The van der Waals surface area contributed by atoms with Crippen molar-refractivity contribution in [1.82, 2.24) is 4.57 Å². The zero-order valence-corrected chi connectivity index (χ0v) is 13.4. The highest BCUT2D eigenvalue weighted by Gasteiger charge is 2.24. The second-order valence-electron chi connectivity index (χ2n) is 4.96. The Bertz CT molecular complexity index is 921. The lowest BCUT2D eigenvalue weighted by Crippen LogP contribution is -2.16. The average Bonchev–Trinajstić information content (AvgIpc) is 2.53. The number of benzene rings is 2. The Morgan fingerprint density at radius 3 is 2.48 bits per heavy atom. The largest absolute Gasteiger partial charge is 0.478 e. The van der Waals surface area contributed by atoms with Crippen molar-refractivity contribution in [3.8, 4) is 16.8 Å². The number of pyridine rings is 1. The molecule has 0 aromatic heterocycles. The number of carboxylic acids is 1. The van der Waals surface area contributed by atoms with Crippen LogP contribution >= 0.6 is 15.9 Å². The summed E-state index contributed by atoms with van der Waals surface area (Å²) >= 11 is 3.29. The molecule has 1 aliphatic heterocycles. The van der Waals surface area contributed by atoms with Crippen LogP contribution in [0, 0.1) is 5.82 Å². The van der Waals surface area contributed by atoms with Crippen LogP contribution < -0.4 is 5.43 Å². The second kappa shape index (κ2) is 5.96. The second-order valence-corrected chi connectivity index (χ2v) is 5.52. The van der Waals surface area contributed by atoms with Gasteiger partial charge in [-0.05, 0) is 18.2 Å².